The summed E-state index contributed by atoms with van der Waals surface area (Å²) in [4.78, 5) is 28.2. The Hall–Kier alpha value is -2.77. The maximum Gasteiger partial charge on any atom is 0.328 e. The number of amides is 1. The van der Waals surface area contributed by atoms with E-state index in [2.05, 4.69) is 10.3 Å². The molecule has 0 saturated heterocycles. The van der Waals surface area contributed by atoms with Crippen LogP contribution in [0.2, 0.25) is 0 Å². The third-order valence-corrected chi connectivity index (χ3v) is 3.99. The van der Waals surface area contributed by atoms with E-state index >= 15 is 0 Å². The van der Waals surface area contributed by atoms with Gasteiger partial charge in [0, 0.05) is 19.4 Å². The molecule has 162 valence electrons. The Balaban J connectivity index is 2.55. The third-order valence-electron chi connectivity index (χ3n) is 3.99. The van der Waals surface area contributed by atoms with Crippen molar-refractivity contribution in [3.05, 3.63) is 29.8 Å². The Kier molecular flexibility index (Phi) is 9.99. The quantitative estimate of drug-likeness (QED) is 0.222. The summed E-state index contributed by atoms with van der Waals surface area (Å²) in [5, 5.41) is 2.78. The number of unbranched alkanes of at least 4 members (excludes halogenated alkanes) is 1. The molecule has 0 aliphatic carbocycles. The van der Waals surface area contributed by atoms with Crippen LogP contribution in [0.15, 0.2) is 29.3 Å². The molecule has 0 heterocycles. The number of hydrogen-bond acceptors (Lipinski definition) is 5. The number of nitrogens with zero attached hydrogens (tertiary/aromatic N) is 1. The Morgan fingerprint density at radius 2 is 1.79 bits per heavy atom. The molecule has 1 amide bonds. The lowest BCUT2D eigenvalue weighted by Crippen LogP contribution is -2.44. The topological polar surface area (TPSA) is 129 Å². The summed E-state index contributed by atoms with van der Waals surface area (Å²) in [6.07, 6.45) is 2.35. The highest BCUT2D eigenvalue weighted by atomic mass is 16.5. The zero-order valence-corrected chi connectivity index (χ0v) is 17.9. The normalized spacial score (nSPS) is 12.0. The zero-order chi connectivity index (χ0) is 21.9. The van der Waals surface area contributed by atoms with E-state index in [0.29, 0.717) is 26.0 Å². The molecule has 0 spiro atoms. The number of carbonyl (C=O) groups is 2. The maximum absolute atomic E-state index is 12.2. The van der Waals surface area contributed by atoms with E-state index in [0.717, 1.165) is 24.2 Å². The average molecular weight is 407 g/mol. The van der Waals surface area contributed by atoms with Crippen molar-refractivity contribution in [1.82, 2.24) is 5.32 Å². The van der Waals surface area contributed by atoms with Gasteiger partial charge >= 0.3 is 5.97 Å². The Morgan fingerprint density at radius 3 is 2.34 bits per heavy atom. The molecule has 8 heteroatoms. The van der Waals surface area contributed by atoms with Crippen molar-refractivity contribution in [2.24, 2.45) is 21.9 Å². The molecule has 0 fully saturated rings. The first kappa shape index (κ1) is 24.3. The Labute approximate surface area is 173 Å². The molecule has 0 aromatic heterocycles. The third kappa shape index (κ3) is 11.0. The minimum absolute atomic E-state index is 0.0985. The molecule has 0 unspecified atom stereocenters. The fraction of sp³-hybridized carbons (Fsp3) is 0.571. The molecule has 1 rings (SSSR count). The number of aliphatic imine (C=N–C) groups is 1. The minimum Gasteiger partial charge on any atom is -0.494 e. The minimum atomic E-state index is -0.725. The predicted molar refractivity (Wildman–Crippen MR) is 114 cm³/mol. The summed E-state index contributed by atoms with van der Waals surface area (Å²) in [7, 11) is 1.31. The molecule has 0 aliphatic rings. The molecule has 0 radical (unpaired) electrons. The van der Waals surface area contributed by atoms with Gasteiger partial charge in [-0.3, -0.25) is 9.79 Å². The van der Waals surface area contributed by atoms with Gasteiger partial charge < -0.3 is 26.3 Å². The number of benzene rings is 1. The largest absolute Gasteiger partial charge is 0.494 e. The van der Waals surface area contributed by atoms with Gasteiger partial charge in [-0.2, -0.15) is 0 Å². The van der Waals surface area contributed by atoms with Crippen LogP contribution in [0.3, 0.4) is 0 Å². The summed E-state index contributed by atoms with van der Waals surface area (Å²) in [5.74, 6) is 0.199. The second kappa shape index (κ2) is 11.9. The number of esters is 1. The van der Waals surface area contributed by atoms with Gasteiger partial charge in [-0.1, -0.05) is 32.9 Å². The summed E-state index contributed by atoms with van der Waals surface area (Å²) in [6, 6.07) is 6.71. The highest BCUT2D eigenvalue weighted by Gasteiger charge is 2.24. The first-order chi connectivity index (χ1) is 13.6. The molecule has 5 N–H and O–H groups in total. The predicted octanol–water partition coefficient (Wildman–Crippen LogP) is 1.76. The lowest BCUT2D eigenvalue weighted by molar-refractivity contribution is -0.145. The van der Waals surface area contributed by atoms with E-state index < -0.39 is 12.0 Å². The Morgan fingerprint density at radius 1 is 1.14 bits per heavy atom. The summed E-state index contributed by atoms with van der Waals surface area (Å²) in [6.45, 7) is 7.06. The zero-order valence-electron chi connectivity index (χ0n) is 17.9. The molecular weight excluding hydrogens is 372 g/mol. The van der Waals surface area contributed by atoms with Gasteiger partial charge in [0.15, 0.2) is 5.96 Å². The number of nitrogens with one attached hydrogen (secondary N) is 1. The standard InChI is InChI=1S/C21H34N4O4/c1-21(2,3)14-18(26)25-17(19(27)28-4)13-15-7-9-16(10-8-15)29-12-6-5-11-24-20(22)23/h7-10,17H,5-6,11-14H2,1-4H3,(H,25,26)(H4,22,23,24)/t17-/m0/s1. The van der Waals surface area contributed by atoms with Crippen molar-refractivity contribution < 1.29 is 19.1 Å². The van der Waals surface area contributed by atoms with Gasteiger partial charge in [0.2, 0.25) is 5.91 Å². The van der Waals surface area contributed by atoms with E-state index in [1.807, 2.05) is 45.0 Å². The number of carbonyl (C=O) groups excluding carboxylic acids is 2. The SMILES string of the molecule is COC(=O)[C@H](Cc1ccc(OCCCCN=C(N)N)cc1)NC(=O)CC(C)(C)C. The second-order valence-corrected chi connectivity index (χ2v) is 8.09. The van der Waals surface area contributed by atoms with Crippen molar-refractivity contribution >= 4 is 17.8 Å². The van der Waals surface area contributed by atoms with E-state index in [1.165, 1.54) is 7.11 Å². The highest BCUT2D eigenvalue weighted by molar-refractivity contribution is 5.84. The highest BCUT2D eigenvalue weighted by Crippen LogP contribution is 2.19. The number of rotatable bonds is 11. The van der Waals surface area contributed by atoms with Gasteiger partial charge in [0.1, 0.15) is 11.8 Å². The van der Waals surface area contributed by atoms with Crippen molar-refractivity contribution in [3.8, 4) is 5.75 Å². The smallest absolute Gasteiger partial charge is 0.328 e. The average Bonchev–Trinajstić information content (AvgIpc) is 2.62. The second-order valence-electron chi connectivity index (χ2n) is 8.09. The molecule has 29 heavy (non-hydrogen) atoms. The molecule has 0 bridgehead atoms. The van der Waals surface area contributed by atoms with Crippen LogP contribution in [-0.4, -0.2) is 44.1 Å². The fourth-order valence-corrected chi connectivity index (χ4v) is 2.63. The van der Waals surface area contributed by atoms with Gasteiger partial charge in [-0.15, -0.1) is 0 Å². The van der Waals surface area contributed by atoms with Crippen molar-refractivity contribution in [2.45, 2.75) is 52.5 Å². The van der Waals surface area contributed by atoms with Crippen LogP contribution in [0.1, 0.15) is 45.6 Å². The van der Waals surface area contributed by atoms with E-state index in [4.69, 9.17) is 20.9 Å². The maximum atomic E-state index is 12.2. The molecule has 8 nitrogen and oxygen atoms in total. The van der Waals surface area contributed by atoms with Crippen molar-refractivity contribution in [1.29, 1.82) is 0 Å². The number of nitrogens with two attached hydrogens (primary N) is 2. The fourth-order valence-electron chi connectivity index (χ4n) is 2.63. The van der Waals surface area contributed by atoms with Crippen LogP contribution in [0.5, 0.6) is 5.75 Å². The van der Waals surface area contributed by atoms with Crippen LogP contribution in [0.25, 0.3) is 0 Å². The van der Waals surface area contributed by atoms with Crippen LogP contribution in [0.4, 0.5) is 0 Å². The molecule has 1 aromatic carbocycles. The molecule has 0 aliphatic heterocycles. The first-order valence-corrected chi connectivity index (χ1v) is 9.75. The van der Waals surface area contributed by atoms with Gasteiger partial charge in [-0.05, 0) is 36.0 Å². The van der Waals surface area contributed by atoms with Crippen LogP contribution in [-0.2, 0) is 20.7 Å². The lowest BCUT2D eigenvalue weighted by atomic mass is 9.91. The van der Waals surface area contributed by atoms with Crippen molar-refractivity contribution in [3.63, 3.8) is 0 Å². The van der Waals surface area contributed by atoms with E-state index in [-0.39, 0.29) is 17.3 Å². The van der Waals surface area contributed by atoms with Gasteiger partial charge in [0.05, 0.1) is 13.7 Å². The van der Waals surface area contributed by atoms with Crippen molar-refractivity contribution in [2.75, 3.05) is 20.3 Å². The van der Waals surface area contributed by atoms with Crippen LogP contribution < -0.4 is 21.5 Å². The summed E-state index contributed by atoms with van der Waals surface area (Å²) in [5.41, 5.74) is 11.3. The molecular formula is C21H34N4O4. The summed E-state index contributed by atoms with van der Waals surface area (Å²) < 4.78 is 10.5. The molecule has 0 saturated carbocycles. The van der Waals surface area contributed by atoms with Gasteiger partial charge in [0.25, 0.3) is 0 Å². The number of guanidine groups is 1. The molecule has 1 aromatic rings. The van der Waals surface area contributed by atoms with E-state index in [1.54, 1.807) is 0 Å². The number of hydrogen-bond donors (Lipinski definition) is 3. The lowest BCUT2D eigenvalue weighted by Gasteiger charge is -2.21. The first-order valence-electron chi connectivity index (χ1n) is 9.75. The summed E-state index contributed by atoms with van der Waals surface area (Å²) >= 11 is 0. The number of ether oxygens (including phenoxy) is 2. The van der Waals surface area contributed by atoms with Crippen LogP contribution in [0, 0.1) is 5.41 Å². The number of methoxy groups -OCH3 is 1. The molecule has 1 atom stereocenters. The van der Waals surface area contributed by atoms with Crippen LogP contribution >= 0.6 is 0 Å². The van der Waals surface area contributed by atoms with Gasteiger partial charge in [-0.25, -0.2) is 4.79 Å². The monoisotopic (exact) mass is 406 g/mol. The van der Waals surface area contributed by atoms with E-state index in [9.17, 15) is 9.59 Å². The Bertz CT molecular complexity index is 677.